The van der Waals surface area contributed by atoms with Crippen LogP contribution in [0.4, 0.5) is 5.69 Å². The maximum absolute atomic E-state index is 12.6. The van der Waals surface area contributed by atoms with Gasteiger partial charge < -0.3 is 19.7 Å². The van der Waals surface area contributed by atoms with Gasteiger partial charge in [0, 0.05) is 20.7 Å². The van der Waals surface area contributed by atoms with E-state index < -0.39 is 5.60 Å². The fourth-order valence-corrected chi connectivity index (χ4v) is 2.92. The molecular formula is C19H24N4O3. The van der Waals surface area contributed by atoms with Crippen molar-refractivity contribution in [3.05, 3.63) is 48.0 Å². The number of aryl methyl sites for hydroxylation is 1. The molecule has 1 N–H and O–H groups in total. The lowest BCUT2D eigenvalue weighted by atomic mass is 10.0. The first-order valence-corrected chi connectivity index (χ1v) is 8.59. The molecule has 0 radical (unpaired) electrons. The van der Waals surface area contributed by atoms with E-state index in [1.807, 2.05) is 31.2 Å². The number of hydrogen-bond acceptors (Lipinski definition) is 6. The maximum atomic E-state index is 12.6. The molecule has 1 fully saturated rings. The number of hydrogen-bond donors (Lipinski definition) is 1. The highest BCUT2D eigenvalue weighted by atomic mass is 16.5. The summed E-state index contributed by atoms with van der Waals surface area (Å²) < 4.78 is 11.6. The van der Waals surface area contributed by atoms with Crippen LogP contribution in [0.15, 0.2) is 36.7 Å². The van der Waals surface area contributed by atoms with E-state index in [9.17, 15) is 4.79 Å². The molecule has 26 heavy (non-hydrogen) atoms. The number of rotatable bonds is 6. The molecule has 7 nitrogen and oxygen atoms in total. The van der Waals surface area contributed by atoms with Crippen molar-refractivity contribution < 1.29 is 14.3 Å². The van der Waals surface area contributed by atoms with E-state index in [1.165, 1.54) is 5.56 Å². The van der Waals surface area contributed by atoms with Crippen LogP contribution in [0, 0.1) is 6.92 Å². The molecule has 0 aliphatic carbocycles. The zero-order chi connectivity index (χ0) is 18.6. The van der Waals surface area contributed by atoms with Gasteiger partial charge in [0.2, 0.25) is 5.82 Å². The fourth-order valence-electron chi connectivity index (χ4n) is 2.92. The van der Waals surface area contributed by atoms with E-state index in [1.54, 1.807) is 31.5 Å². The Morgan fingerprint density at radius 2 is 1.96 bits per heavy atom. The van der Waals surface area contributed by atoms with Crippen molar-refractivity contribution in [2.45, 2.75) is 18.9 Å². The van der Waals surface area contributed by atoms with Gasteiger partial charge in [-0.1, -0.05) is 17.7 Å². The van der Waals surface area contributed by atoms with E-state index in [4.69, 9.17) is 9.47 Å². The molecule has 1 unspecified atom stereocenters. The number of benzene rings is 1. The molecule has 0 bridgehead atoms. The third-order valence-electron chi connectivity index (χ3n) is 4.69. The van der Waals surface area contributed by atoms with Crippen LogP contribution in [0.3, 0.4) is 0 Å². The number of carbonyl (C=O) groups excluding carboxylic acids is 1. The summed E-state index contributed by atoms with van der Waals surface area (Å²) in [5.41, 5.74) is 1.42. The minimum absolute atomic E-state index is 0.190. The van der Waals surface area contributed by atoms with Crippen molar-refractivity contribution in [3.8, 4) is 5.75 Å². The molecular weight excluding hydrogens is 332 g/mol. The van der Waals surface area contributed by atoms with Gasteiger partial charge in [-0.25, -0.2) is 9.97 Å². The first kappa shape index (κ1) is 18.1. The molecule has 1 aromatic heterocycles. The Hall–Kier alpha value is -2.67. The molecule has 138 valence electrons. The molecule has 2 aromatic rings. The lowest BCUT2D eigenvalue weighted by Crippen LogP contribution is -2.42. The van der Waals surface area contributed by atoms with E-state index in [-0.39, 0.29) is 11.7 Å². The first-order chi connectivity index (χ1) is 12.5. The van der Waals surface area contributed by atoms with Crippen molar-refractivity contribution in [1.82, 2.24) is 14.9 Å². The van der Waals surface area contributed by atoms with E-state index in [2.05, 4.69) is 15.3 Å². The lowest BCUT2D eigenvalue weighted by molar-refractivity contribution is -0.0343. The second-order valence-electron chi connectivity index (χ2n) is 6.51. The van der Waals surface area contributed by atoms with Crippen LogP contribution in [-0.4, -0.2) is 60.2 Å². The number of amides is 1. The summed E-state index contributed by atoms with van der Waals surface area (Å²) in [6, 6.07) is 7.89. The molecule has 2 heterocycles. The largest absolute Gasteiger partial charge is 0.491 e. The van der Waals surface area contributed by atoms with Crippen LogP contribution in [0.1, 0.15) is 22.6 Å². The van der Waals surface area contributed by atoms with Gasteiger partial charge in [0.05, 0.1) is 24.6 Å². The van der Waals surface area contributed by atoms with Gasteiger partial charge in [-0.3, -0.25) is 4.79 Å². The monoisotopic (exact) mass is 356 g/mol. The summed E-state index contributed by atoms with van der Waals surface area (Å²) >= 11 is 0. The highest BCUT2D eigenvalue weighted by molar-refractivity contribution is 5.90. The number of carbonyl (C=O) groups is 1. The quantitative estimate of drug-likeness (QED) is 0.855. The summed E-state index contributed by atoms with van der Waals surface area (Å²) in [4.78, 5) is 22.6. The average Bonchev–Trinajstić information content (AvgIpc) is 3.12. The number of ether oxygens (including phenoxy) is 2. The van der Waals surface area contributed by atoms with E-state index in [0.29, 0.717) is 26.1 Å². The topological polar surface area (TPSA) is 76.6 Å². The zero-order valence-corrected chi connectivity index (χ0v) is 15.4. The zero-order valence-electron chi connectivity index (χ0n) is 15.4. The molecule has 1 aliphatic heterocycles. The third kappa shape index (κ3) is 3.94. The first-order valence-electron chi connectivity index (χ1n) is 8.59. The van der Waals surface area contributed by atoms with Crippen LogP contribution in [0.2, 0.25) is 0 Å². The molecule has 1 saturated heterocycles. The van der Waals surface area contributed by atoms with Crippen LogP contribution in [0.5, 0.6) is 5.75 Å². The molecule has 3 rings (SSSR count). The predicted octanol–water partition coefficient (Wildman–Crippen LogP) is 2.14. The standard InChI is InChI=1S/C19H24N4O3/c1-14-4-6-16(7-5-14)26-13-19(25-3)8-9-23(12-19)18(24)17-21-10-15(20-2)11-22-17/h4-7,10-11,20H,8-9,12-13H2,1-3H3. The van der Waals surface area contributed by atoms with Gasteiger partial charge in [0.1, 0.15) is 18.0 Å². The van der Waals surface area contributed by atoms with Crippen molar-refractivity contribution >= 4 is 11.6 Å². The number of nitrogens with one attached hydrogen (secondary N) is 1. The molecule has 1 aromatic carbocycles. The second kappa shape index (κ2) is 7.70. The molecule has 7 heteroatoms. The van der Waals surface area contributed by atoms with Gasteiger partial charge in [-0.2, -0.15) is 0 Å². The molecule has 0 spiro atoms. The summed E-state index contributed by atoms with van der Waals surface area (Å²) in [5, 5.41) is 2.93. The average molecular weight is 356 g/mol. The SMILES string of the molecule is CNc1cnc(C(=O)N2CCC(COc3ccc(C)cc3)(OC)C2)nc1. The van der Waals surface area contributed by atoms with Gasteiger partial charge in [0.25, 0.3) is 5.91 Å². The summed E-state index contributed by atoms with van der Waals surface area (Å²) in [6.07, 6.45) is 3.90. The molecule has 1 atom stereocenters. The number of aromatic nitrogens is 2. The van der Waals surface area contributed by atoms with Crippen LogP contribution in [0.25, 0.3) is 0 Å². The Morgan fingerprint density at radius 3 is 2.58 bits per heavy atom. The minimum atomic E-state index is -0.522. The summed E-state index contributed by atoms with van der Waals surface area (Å²) in [7, 11) is 3.44. The smallest absolute Gasteiger partial charge is 0.291 e. The Bertz CT molecular complexity index is 748. The normalized spacial score (nSPS) is 19.4. The van der Waals surface area contributed by atoms with Crippen molar-refractivity contribution in [3.63, 3.8) is 0 Å². The van der Waals surface area contributed by atoms with Crippen LogP contribution in [-0.2, 0) is 4.74 Å². The number of methoxy groups -OCH3 is 1. The highest BCUT2D eigenvalue weighted by Crippen LogP contribution is 2.27. The lowest BCUT2D eigenvalue weighted by Gasteiger charge is -2.27. The minimum Gasteiger partial charge on any atom is -0.491 e. The number of likely N-dealkylation sites (tertiary alicyclic amines) is 1. The fraction of sp³-hybridized carbons (Fsp3) is 0.421. The van der Waals surface area contributed by atoms with Crippen molar-refractivity contribution in [2.75, 3.05) is 39.2 Å². The third-order valence-corrected chi connectivity index (χ3v) is 4.69. The van der Waals surface area contributed by atoms with Gasteiger partial charge >= 0.3 is 0 Å². The molecule has 1 aliphatic rings. The van der Waals surface area contributed by atoms with Crippen molar-refractivity contribution in [2.24, 2.45) is 0 Å². The predicted molar refractivity (Wildman–Crippen MR) is 98.5 cm³/mol. The molecule has 0 saturated carbocycles. The maximum Gasteiger partial charge on any atom is 0.291 e. The Kier molecular flexibility index (Phi) is 5.37. The van der Waals surface area contributed by atoms with Gasteiger partial charge in [-0.15, -0.1) is 0 Å². The van der Waals surface area contributed by atoms with Gasteiger partial charge in [-0.05, 0) is 25.5 Å². The Labute approximate surface area is 153 Å². The Balaban J connectivity index is 1.63. The van der Waals surface area contributed by atoms with Gasteiger partial charge in [0.15, 0.2) is 0 Å². The summed E-state index contributed by atoms with van der Waals surface area (Å²) in [6.45, 7) is 3.45. The van der Waals surface area contributed by atoms with Crippen LogP contribution < -0.4 is 10.1 Å². The second-order valence-corrected chi connectivity index (χ2v) is 6.51. The van der Waals surface area contributed by atoms with E-state index in [0.717, 1.165) is 11.4 Å². The molecule has 1 amide bonds. The Morgan fingerprint density at radius 1 is 1.27 bits per heavy atom. The summed E-state index contributed by atoms with van der Waals surface area (Å²) in [5.74, 6) is 0.792. The number of anilines is 1. The van der Waals surface area contributed by atoms with Crippen molar-refractivity contribution in [1.29, 1.82) is 0 Å². The van der Waals surface area contributed by atoms with Crippen LogP contribution >= 0.6 is 0 Å². The highest BCUT2D eigenvalue weighted by Gasteiger charge is 2.41. The number of nitrogens with zero attached hydrogens (tertiary/aromatic N) is 3. The van der Waals surface area contributed by atoms with E-state index >= 15 is 0 Å².